The largest absolute Gasteiger partial charge is 0.325 e. The van der Waals surface area contributed by atoms with E-state index in [-0.39, 0.29) is 76.3 Å². The van der Waals surface area contributed by atoms with Gasteiger partial charge in [-0.25, -0.2) is 18.7 Å². The molecule has 6 aromatic carbocycles. The fourth-order valence-corrected chi connectivity index (χ4v) is 17.4. The molecule has 0 saturated heterocycles. The number of alkyl halides is 1. The molecule has 14 aromatic rings. The SMILES string of the molecule is CCn1c(SCC(=O)Nc2ccccc2)nnc1-c1cccnc1.CN(C(=O)C(Cl)Sc1nnc(-c2cccnc2)n1C)c1ccccc1.Cc1ccc(C2=NN=C(SCC(=O)Nc3ccccc3)C2)cn1.O=C(CSC1=NN=C(c2ccc(F)nc2)C1)Nc1ccccc1.O=C(CSC1=NN=C(c2cnc(F)cc2F)C1)Nc1ccccc1.O=C(CSC1=NN=C(c2cnccc2F)C1)Nc1ccccc1. The smallest absolute Gasteiger partial charge is 0.255 e. The lowest BCUT2D eigenvalue weighted by atomic mass is 10.1. The maximum Gasteiger partial charge on any atom is 0.255 e. The molecule has 0 saturated carbocycles. The summed E-state index contributed by atoms with van der Waals surface area (Å²) in [5.41, 5.74) is 12.0. The Kier molecular flexibility index (Phi) is 39.9. The number of thioether (sulfide) groups is 6. The van der Waals surface area contributed by atoms with Crippen molar-refractivity contribution in [2.24, 2.45) is 47.9 Å². The number of aromatic nitrogens is 12. The van der Waals surface area contributed by atoms with E-state index < -0.39 is 22.4 Å². The van der Waals surface area contributed by atoms with E-state index in [1.54, 1.807) is 60.8 Å². The van der Waals surface area contributed by atoms with E-state index in [4.69, 9.17) is 11.6 Å². The summed E-state index contributed by atoms with van der Waals surface area (Å²) in [6.07, 6.45) is 15.9. The Morgan fingerprint density at radius 1 is 0.380 bits per heavy atom. The minimum absolute atomic E-state index is 0.0469. The molecule has 6 amide bonds. The number of anilines is 6. The molecule has 8 aromatic heterocycles. The summed E-state index contributed by atoms with van der Waals surface area (Å²) in [7, 11) is 3.53. The molecular formula is C99H87ClF4N26O6S6. The van der Waals surface area contributed by atoms with Crippen LogP contribution >= 0.6 is 82.2 Å². The second kappa shape index (κ2) is 54.4. The second-order valence-corrected chi connectivity index (χ2v) is 36.8. The zero-order valence-electron chi connectivity index (χ0n) is 76.1. The number of nitrogens with one attached hydrogen (secondary N) is 5. The fourth-order valence-electron chi connectivity index (χ4n) is 12.6. The molecule has 4 aliphatic rings. The summed E-state index contributed by atoms with van der Waals surface area (Å²) in [5.74, 6) is -0.552. The lowest BCUT2D eigenvalue weighted by Gasteiger charge is -2.19. The van der Waals surface area contributed by atoms with Gasteiger partial charge in [0.1, 0.15) is 31.8 Å². The number of halogens is 5. The third kappa shape index (κ3) is 32.7. The molecule has 4 aliphatic heterocycles. The van der Waals surface area contributed by atoms with Gasteiger partial charge in [-0.1, -0.05) is 191 Å². The van der Waals surface area contributed by atoms with Crippen molar-refractivity contribution in [3.05, 3.63) is 350 Å². The number of pyridine rings is 6. The van der Waals surface area contributed by atoms with E-state index in [2.05, 4.69) is 118 Å². The van der Waals surface area contributed by atoms with Gasteiger partial charge in [0.25, 0.3) is 5.91 Å². The number of aryl methyl sites for hydroxylation is 1. The number of benzene rings is 6. The van der Waals surface area contributed by atoms with E-state index in [0.717, 1.165) is 113 Å². The van der Waals surface area contributed by atoms with Crippen molar-refractivity contribution in [3.8, 4) is 22.8 Å². The standard InChI is InChI=1S/C17H16ClN5OS.C17H17N5OS.C17H16N4OS.C16H12F2N4OS.2C16H13FN4OS/c1-22(13-8-4-3-5-9-13)16(24)14(18)25-17-21-20-15(23(17)2)12-7-6-10-19-11-12;1-2-22-16(13-7-6-10-18-11-13)20-21-17(22)24-12-15(23)19-14-8-4-3-5-9-14;1-12-7-8-13(10-18-12)15-9-17(21-20-15)23-11-16(22)19-14-5-3-2-4-6-14;17-12-6-14(18)19-8-11(12)13-7-16(22-21-13)24-9-15(23)20-10-4-2-1-3-5-10;17-14-7-6-11(9-18-14)13-8-16(21-20-13)23-10-15(22)19-12-4-2-1-3-5-12;17-13-6-7-18-9-12(13)14-8-16(21-20-14)23-10-15(22)19-11-4-2-1-3-5-11/h3-11,14H,1-2H3;3-11H,2,12H2,1H3,(H,19,23);2-8,10H,9,11H2,1H3,(H,19,22);1-6,8H,7,9H2,(H,20,23);2*1-7,9H,8,10H2,(H,19,22). The molecule has 1 atom stereocenters. The second-order valence-electron chi connectivity index (χ2n) is 29.8. The first-order valence-corrected chi connectivity index (χ1v) is 49.5. The average Bonchev–Trinajstić information content (AvgIpc) is 1.69. The van der Waals surface area contributed by atoms with Crippen LogP contribution in [0, 0.1) is 30.5 Å². The van der Waals surface area contributed by atoms with Crippen molar-refractivity contribution in [2.45, 2.75) is 61.1 Å². The first kappa shape index (κ1) is 104. The van der Waals surface area contributed by atoms with Crippen LogP contribution in [0.5, 0.6) is 0 Å². The van der Waals surface area contributed by atoms with E-state index in [1.165, 1.54) is 94.4 Å². The van der Waals surface area contributed by atoms with Crippen LogP contribution in [0.3, 0.4) is 0 Å². The maximum absolute atomic E-state index is 13.7. The number of rotatable bonds is 27. The Balaban J connectivity index is 0.000000143. The van der Waals surface area contributed by atoms with Gasteiger partial charge in [0.15, 0.2) is 26.7 Å². The fraction of sp³-hybridized carbons (Fsp3) is 0.152. The van der Waals surface area contributed by atoms with E-state index >= 15 is 0 Å². The van der Waals surface area contributed by atoms with Crippen LogP contribution in [0.4, 0.5) is 51.7 Å². The number of carbonyl (C=O) groups excluding carboxylic acids is 6. The highest BCUT2D eigenvalue weighted by Gasteiger charge is 2.28. The van der Waals surface area contributed by atoms with Gasteiger partial charge in [-0.2, -0.15) is 29.2 Å². The van der Waals surface area contributed by atoms with Gasteiger partial charge in [-0.05, 0) is 141 Å². The van der Waals surface area contributed by atoms with Crippen LogP contribution in [0.25, 0.3) is 22.8 Å². The van der Waals surface area contributed by atoms with Crippen LogP contribution in [-0.4, -0.2) is 178 Å². The molecule has 0 radical (unpaired) electrons. The first-order chi connectivity index (χ1) is 69.1. The average molecular weight is 2040 g/mol. The van der Waals surface area contributed by atoms with Crippen LogP contribution in [0.2, 0.25) is 0 Å². The summed E-state index contributed by atoms with van der Waals surface area (Å²) in [4.78, 5) is 97.1. The zero-order chi connectivity index (χ0) is 99.7. The predicted molar refractivity (Wildman–Crippen MR) is 560 cm³/mol. The van der Waals surface area contributed by atoms with E-state index in [0.29, 0.717) is 74.8 Å². The summed E-state index contributed by atoms with van der Waals surface area (Å²) < 4.78 is 56.0. The topological polar surface area (TPSA) is 403 Å². The van der Waals surface area contributed by atoms with Gasteiger partial charge in [0.05, 0.1) is 62.7 Å². The summed E-state index contributed by atoms with van der Waals surface area (Å²) >= 11 is 14.1. The molecule has 142 heavy (non-hydrogen) atoms. The number of carbonyl (C=O) groups is 6. The summed E-state index contributed by atoms with van der Waals surface area (Å²) in [6, 6.07) is 72.2. The normalized spacial score (nSPS) is 12.7. The number of hydrogen-bond acceptors (Lipinski definition) is 30. The number of para-hydroxylation sites is 6. The van der Waals surface area contributed by atoms with Crippen LogP contribution in [0.15, 0.2) is 350 Å². The molecule has 720 valence electrons. The Hall–Kier alpha value is -15.2. The quantitative estimate of drug-likeness (QED) is 0.0138. The van der Waals surface area contributed by atoms with Crippen molar-refractivity contribution in [1.82, 2.24) is 59.4 Å². The minimum Gasteiger partial charge on any atom is -0.325 e. The third-order valence-electron chi connectivity index (χ3n) is 19.6. The molecule has 0 spiro atoms. The summed E-state index contributed by atoms with van der Waals surface area (Å²) in [5, 5.41) is 67.3. The van der Waals surface area contributed by atoms with Gasteiger partial charge in [-0.15, -0.1) is 40.8 Å². The molecule has 0 aliphatic carbocycles. The molecule has 1 unspecified atom stereocenters. The number of nitrogens with zero attached hydrogens (tertiary/aromatic N) is 21. The Bertz CT molecular complexity index is 6770. The van der Waals surface area contributed by atoms with Gasteiger partial charge in [0.2, 0.25) is 41.4 Å². The Morgan fingerprint density at radius 2 is 0.761 bits per heavy atom. The predicted octanol–water partition coefficient (Wildman–Crippen LogP) is 19.0. The van der Waals surface area contributed by atoms with Gasteiger partial charge >= 0.3 is 0 Å². The molecule has 0 bridgehead atoms. The lowest BCUT2D eigenvalue weighted by Crippen LogP contribution is -2.32. The number of hydrogen-bond donors (Lipinski definition) is 5. The van der Waals surface area contributed by atoms with Crippen LogP contribution in [-0.2, 0) is 42.4 Å². The highest BCUT2D eigenvalue weighted by molar-refractivity contribution is 8.15. The minimum atomic E-state index is -0.886. The molecule has 32 nitrogen and oxygen atoms in total. The van der Waals surface area contributed by atoms with Crippen LogP contribution in [0.1, 0.15) is 60.6 Å². The third-order valence-corrected chi connectivity index (χ3v) is 25.9. The highest BCUT2D eigenvalue weighted by atomic mass is 35.5. The van der Waals surface area contributed by atoms with E-state index in [1.807, 2.05) is 232 Å². The van der Waals surface area contributed by atoms with Crippen molar-refractivity contribution in [1.29, 1.82) is 0 Å². The molecule has 18 rings (SSSR count). The van der Waals surface area contributed by atoms with Crippen molar-refractivity contribution in [3.63, 3.8) is 0 Å². The van der Waals surface area contributed by atoms with E-state index in [9.17, 15) is 46.3 Å². The number of amides is 6. The van der Waals surface area contributed by atoms with Gasteiger partial charge in [0, 0.05) is 170 Å². The van der Waals surface area contributed by atoms with Crippen molar-refractivity contribution < 1.29 is 46.3 Å². The van der Waals surface area contributed by atoms with Gasteiger partial charge in [-0.3, -0.25) is 48.7 Å². The molecule has 0 fully saturated rings. The molecule has 43 heteroatoms. The monoisotopic (exact) mass is 2040 g/mol. The van der Waals surface area contributed by atoms with Crippen LogP contribution < -0.4 is 31.5 Å². The molecule has 12 heterocycles. The summed E-state index contributed by atoms with van der Waals surface area (Å²) in [6.45, 7) is 4.70. The van der Waals surface area contributed by atoms with Crippen molar-refractivity contribution >= 4 is 195 Å². The molecular weight excluding hydrogens is 1950 g/mol. The Morgan fingerprint density at radius 3 is 1.16 bits per heavy atom. The zero-order valence-corrected chi connectivity index (χ0v) is 81.8. The van der Waals surface area contributed by atoms with Gasteiger partial charge < -0.3 is 40.6 Å². The Labute approximate surface area is 843 Å². The highest BCUT2D eigenvalue weighted by Crippen LogP contribution is 2.32. The lowest BCUT2D eigenvalue weighted by molar-refractivity contribution is -0.117. The van der Waals surface area contributed by atoms with Crippen molar-refractivity contribution in [2.75, 3.05) is 67.3 Å². The first-order valence-electron chi connectivity index (χ1n) is 43.3. The maximum atomic E-state index is 13.7. The molecule has 5 N–H and O–H groups in total.